The summed E-state index contributed by atoms with van der Waals surface area (Å²) in [5.41, 5.74) is 2.10. The van der Waals surface area contributed by atoms with Gasteiger partial charge in [-0.3, -0.25) is 9.59 Å². The minimum absolute atomic E-state index is 0.0222. The average Bonchev–Trinajstić information content (AvgIpc) is 3.26. The van der Waals surface area contributed by atoms with Gasteiger partial charge < -0.3 is 19.7 Å². The van der Waals surface area contributed by atoms with Crippen LogP contribution in [0.2, 0.25) is 0 Å². The third-order valence-electron chi connectivity index (χ3n) is 6.86. The molecule has 6 nitrogen and oxygen atoms in total. The van der Waals surface area contributed by atoms with Crippen LogP contribution < -0.4 is 10.1 Å². The Morgan fingerprint density at radius 3 is 2.59 bits per heavy atom. The molecule has 32 heavy (non-hydrogen) atoms. The summed E-state index contributed by atoms with van der Waals surface area (Å²) in [7, 11) is 3.23. The Morgan fingerprint density at radius 1 is 1.06 bits per heavy atom. The molecular formula is C26H32N2O4. The van der Waals surface area contributed by atoms with Gasteiger partial charge in [-0.2, -0.15) is 0 Å². The summed E-state index contributed by atoms with van der Waals surface area (Å²) in [6.07, 6.45) is 3.12. The number of likely N-dealkylation sites (N-methyl/N-ethyl adjacent to an activating group) is 1. The standard InChI is InChI=1S/C26H32N2O4/c1-27-25(29)16-28(26(30)12-18-7-6-10-23(11-18)31-2)22-13-20-15-24(32-17-21(20)14-22)19-8-4-3-5-9-19/h3-11,20-22,24H,12-17H2,1-2H3,(H,27,29)/t20-,21+,22-,24-/m0/s1. The first-order chi connectivity index (χ1) is 15.6. The van der Waals surface area contributed by atoms with E-state index in [-0.39, 0.29) is 36.9 Å². The lowest BCUT2D eigenvalue weighted by Gasteiger charge is -2.32. The Labute approximate surface area is 189 Å². The molecule has 0 spiro atoms. The number of methoxy groups -OCH3 is 1. The van der Waals surface area contributed by atoms with Crippen LogP contribution in [0.4, 0.5) is 0 Å². The molecule has 0 radical (unpaired) electrons. The summed E-state index contributed by atoms with van der Waals surface area (Å²) in [5.74, 6) is 1.49. The molecule has 4 rings (SSSR count). The van der Waals surface area contributed by atoms with Crippen molar-refractivity contribution in [2.75, 3.05) is 27.3 Å². The van der Waals surface area contributed by atoms with E-state index in [2.05, 4.69) is 17.4 Å². The first-order valence-electron chi connectivity index (χ1n) is 11.4. The van der Waals surface area contributed by atoms with Crippen molar-refractivity contribution < 1.29 is 19.1 Å². The number of amides is 2. The van der Waals surface area contributed by atoms with Gasteiger partial charge in [0.05, 0.1) is 32.8 Å². The maximum absolute atomic E-state index is 13.3. The van der Waals surface area contributed by atoms with Crippen molar-refractivity contribution >= 4 is 11.8 Å². The van der Waals surface area contributed by atoms with E-state index in [0.717, 1.165) is 30.6 Å². The van der Waals surface area contributed by atoms with Gasteiger partial charge in [0.15, 0.2) is 0 Å². The van der Waals surface area contributed by atoms with E-state index in [0.29, 0.717) is 18.4 Å². The van der Waals surface area contributed by atoms with Crippen LogP contribution in [0.5, 0.6) is 5.75 Å². The summed E-state index contributed by atoms with van der Waals surface area (Å²) >= 11 is 0. The molecule has 2 aromatic carbocycles. The van der Waals surface area contributed by atoms with Gasteiger partial charge in [0.25, 0.3) is 0 Å². The second-order valence-electron chi connectivity index (χ2n) is 8.84. The molecule has 4 atom stereocenters. The average molecular weight is 437 g/mol. The van der Waals surface area contributed by atoms with E-state index >= 15 is 0 Å². The van der Waals surface area contributed by atoms with Crippen molar-refractivity contribution in [2.45, 2.75) is 37.8 Å². The topological polar surface area (TPSA) is 67.9 Å². The molecule has 1 aliphatic carbocycles. The summed E-state index contributed by atoms with van der Waals surface area (Å²) in [5, 5.41) is 2.67. The molecule has 2 fully saturated rings. The van der Waals surface area contributed by atoms with Crippen LogP contribution in [0.1, 0.15) is 36.5 Å². The molecule has 1 saturated carbocycles. The zero-order valence-electron chi connectivity index (χ0n) is 18.8. The van der Waals surface area contributed by atoms with Crippen LogP contribution >= 0.6 is 0 Å². The minimum Gasteiger partial charge on any atom is -0.497 e. The quantitative estimate of drug-likeness (QED) is 0.723. The van der Waals surface area contributed by atoms with E-state index < -0.39 is 0 Å². The fourth-order valence-corrected chi connectivity index (χ4v) is 5.12. The van der Waals surface area contributed by atoms with Crippen LogP contribution in [0.3, 0.4) is 0 Å². The highest BCUT2D eigenvalue weighted by Gasteiger charge is 2.43. The summed E-state index contributed by atoms with van der Waals surface area (Å²) in [6, 6.07) is 17.9. The number of nitrogens with one attached hydrogen (secondary N) is 1. The molecule has 2 aliphatic rings. The molecule has 0 unspecified atom stereocenters. The van der Waals surface area contributed by atoms with Gasteiger partial charge in [0, 0.05) is 13.1 Å². The van der Waals surface area contributed by atoms with Crippen LogP contribution in [-0.4, -0.2) is 50.1 Å². The van der Waals surface area contributed by atoms with Crippen LogP contribution in [0.15, 0.2) is 54.6 Å². The Bertz CT molecular complexity index is 932. The van der Waals surface area contributed by atoms with E-state index in [1.807, 2.05) is 42.5 Å². The number of carbonyl (C=O) groups is 2. The molecule has 1 heterocycles. The highest BCUT2D eigenvalue weighted by Crippen LogP contribution is 2.45. The Kier molecular flexibility index (Phi) is 7.10. The van der Waals surface area contributed by atoms with Gasteiger partial charge >= 0.3 is 0 Å². The van der Waals surface area contributed by atoms with Crippen molar-refractivity contribution in [1.82, 2.24) is 10.2 Å². The van der Waals surface area contributed by atoms with E-state index in [1.54, 1.807) is 19.1 Å². The third-order valence-corrected chi connectivity index (χ3v) is 6.86. The maximum Gasteiger partial charge on any atom is 0.239 e. The minimum atomic E-state index is -0.141. The first-order valence-corrected chi connectivity index (χ1v) is 11.4. The van der Waals surface area contributed by atoms with Gasteiger partial charge in [-0.1, -0.05) is 42.5 Å². The molecule has 1 N–H and O–H groups in total. The number of benzene rings is 2. The van der Waals surface area contributed by atoms with Crippen molar-refractivity contribution in [3.05, 3.63) is 65.7 Å². The van der Waals surface area contributed by atoms with E-state index in [9.17, 15) is 9.59 Å². The summed E-state index contributed by atoms with van der Waals surface area (Å²) in [6.45, 7) is 0.797. The zero-order valence-corrected chi connectivity index (χ0v) is 18.8. The number of fused-ring (bicyclic) bond motifs is 1. The molecule has 170 valence electrons. The predicted molar refractivity (Wildman–Crippen MR) is 122 cm³/mol. The zero-order chi connectivity index (χ0) is 22.5. The van der Waals surface area contributed by atoms with Crippen LogP contribution in [-0.2, 0) is 20.7 Å². The van der Waals surface area contributed by atoms with Crippen LogP contribution in [0.25, 0.3) is 0 Å². The molecule has 2 aromatic rings. The lowest BCUT2D eigenvalue weighted by atomic mass is 9.86. The van der Waals surface area contributed by atoms with Crippen molar-refractivity contribution in [2.24, 2.45) is 11.8 Å². The van der Waals surface area contributed by atoms with Crippen molar-refractivity contribution in [3.63, 3.8) is 0 Å². The van der Waals surface area contributed by atoms with Crippen molar-refractivity contribution in [3.8, 4) is 5.75 Å². The normalized spacial score (nSPS) is 24.4. The lowest BCUT2D eigenvalue weighted by molar-refractivity contribution is -0.137. The maximum atomic E-state index is 13.3. The molecule has 1 saturated heterocycles. The van der Waals surface area contributed by atoms with Gasteiger partial charge in [-0.05, 0) is 54.4 Å². The SMILES string of the molecule is CNC(=O)CN(C(=O)Cc1cccc(OC)c1)[C@@H]1C[C@@H]2CO[C@H](c3ccccc3)C[C@@H]2C1. The molecule has 0 aromatic heterocycles. The monoisotopic (exact) mass is 436 g/mol. The molecule has 0 bridgehead atoms. The number of rotatable bonds is 7. The molecular weight excluding hydrogens is 404 g/mol. The Hall–Kier alpha value is -2.86. The van der Waals surface area contributed by atoms with Gasteiger partial charge in [-0.25, -0.2) is 0 Å². The fourth-order valence-electron chi connectivity index (χ4n) is 5.12. The number of nitrogens with zero attached hydrogens (tertiary/aromatic N) is 1. The number of hydrogen-bond acceptors (Lipinski definition) is 4. The smallest absolute Gasteiger partial charge is 0.239 e. The van der Waals surface area contributed by atoms with Gasteiger partial charge in [0.2, 0.25) is 11.8 Å². The number of hydrogen-bond donors (Lipinski definition) is 1. The second-order valence-corrected chi connectivity index (χ2v) is 8.84. The molecule has 1 aliphatic heterocycles. The van der Waals surface area contributed by atoms with Crippen LogP contribution in [0, 0.1) is 11.8 Å². The Morgan fingerprint density at radius 2 is 1.84 bits per heavy atom. The predicted octanol–water partition coefficient (Wildman–Crippen LogP) is 3.37. The highest BCUT2D eigenvalue weighted by atomic mass is 16.5. The largest absolute Gasteiger partial charge is 0.497 e. The number of carbonyl (C=O) groups excluding carboxylic acids is 2. The van der Waals surface area contributed by atoms with Gasteiger partial charge in [0.1, 0.15) is 5.75 Å². The van der Waals surface area contributed by atoms with Gasteiger partial charge in [-0.15, -0.1) is 0 Å². The first kappa shape index (κ1) is 22.3. The molecule has 6 heteroatoms. The van der Waals surface area contributed by atoms with E-state index in [1.165, 1.54) is 5.56 Å². The lowest BCUT2D eigenvalue weighted by Crippen LogP contribution is -2.45. The summed E-state index contributed by atoms with van der Waals surface area (Å²) < 4.78 is 11.5. The van der Waals surface area contributed by atoms with Crippen molar-refractivity contribution in [1.29, 1.82) is 0 Å². The fraction of sp³-hybridized carbons (Fsp3) is 0.462. The number of ether oxygens (including phenoxy) is 2. The second kappa shape index (κ2) is 10.2. The molecule has 2 amide bonds. The Balaban J connectivity index is 1.46. The van der Waals surface area contributed by atoms with E-state index in [4.69, 9.17) is 9.47 Å². The highest BCUT2D eigenvalue weighted by molar-refractivity contribution is 5.86. The third kappa shape index (κ3) is 5.13. The summed E-state index contributed by atoms with van der Waals surface area (Å²) in [4.78, 5) is 27.3.